The van der Waals surface area contributed by atoms with Gasteiger partial charge in [-0.25, -0.2) is 0 Å². The van der Waals surface area contributed by atoms with E-state index in [0.717, 1.165) is 16.9 Å². The average molecular weight is 267 g/mol. The second-order valence-corrected chi connectivity index (χ2v) is 5.74. The van der Waals surface area contributed by atoms with Crippen molar-refractivity contribution in [3.63, 3.8) is 0 Å². The summed E-state index contributed by atoms with van der Waals surface area (Å²) in [5.74, 6) is 0.0386. The maximum atomic E-state index is 11.2. The van der Waals surface area contributed by atoms with Crippen LogP contribution in [0.5, 0.6) is 0 Å². The van der Waals surface area contributed by atoms with Crippen molar-refractivity contribution < 1.29 is 43.1 Å². The molecule has 2 heterocycles. The minimum absolute atomic E-state index is 0. The van der Waals surface area contributed by atoms with Crippen molar-refractivity contribution in [1.82, 2.24) is 4.90 Å². The van der Waals surface area contributed by atoms with Crippen LogP contribution < -0.4 is 29.6 Å². The van der Waals surface area contributed by atoms with Crippen LogP contribution in [0.1, 0.15) is 17.4 Å². The molecule has 0 fully saturated rings. The standard InChI is InChI=1S/C9H11NO3S2.Na/c1-6(11)10-3-2-8-7(5-10)4-9(14-8)15(12)13;/h4H,2-3,5H2,1H3,(H,12,13);/q;+1/p-1. The van der Waals surface area contributed by atoms with Crippen LogP contribution in [0, 0.1) is 0 Å². The van der Waals surface area contributed by atoms with E-state index in [1.54, 1.807) is 11.0 Å². The first-order valence-electron chi connectivity index (χ1n) is 4.54. The number of carbonyl (C=O) groups excluding carboxylic acids is 1. The smallest absolute Gasteiger partial charge is 0.768 e. The molecule has 1 aliphatic rings. The van der Waals surface area contributed by atoms with Crippen LogP contribution in [0.25, 0.3) is 0 Å². The molecule has 1 atom stereocenters. The molecule has 0 radical (unpaired) electrons. The second-order valence-electron chi connectivity index (χ2n) is 3.44. The van der Waals surface area contributed by atoms with Gasteiger partial charge in [0.15, 0.2) is 0 Å². The van der Waals surface area contributed by atoms with Gasteiger partial charge in [-0.15, -0.1) is 11.3 Å². The Balaban J connectivity index is 0.00000128. The van der Waals surface area contributed by atoms with E-state index in [1.807, 2.05) is 0 Å². The third-order valence-electron chi connectivity index (χ3n) is 2.45. The van der Waals surface area contributed by atoms with Gasteiger partial charge in [0, 0.05) is 24.9 Å². The molecule has 0 bridgehead atoms. The summed E-state index contributed by atoms with van der Waals surface area (Å²) >= 11 is -0.844. The van der Waals surface area contributed by atoms with Crippen molar-refractivity contribution in [2.75, 3.05) is 6.54 Å². The summed E-state index contributed by atoms with van der Waals surface area (Å²) in [4.78, 5) is 14.0. The first kappa shape index (κ1) is 14.3. The van der Waals surface area contributed by atoms with Crippen molar-refractivity contribution >= 4 is 28.3 Å². The zero-order chi connectivity index (χ0) is 11.0. The minimum atomic E-state index is -2.15. The predicted molar refractivity (Wildman–Crippen MR) is 56.3 cm³/mol. The van der Waals surface area contributed by atoms with Crippen LogP contribution in [0.4, 0.5) is 0 Å². The number of hydrogen-bond donors (Lipinski definition) is 0. The molecule has 2 rings (SSSR count). The van der Waals surface area contributed by atoms with Gasteiger partial charge in [-0.1, -0.05) is 0 Å². The van der Waals surface area contributed by atoms with Crippen molar-refractivity contribution in [3.8, 4) is 0 Å². The molecule has 1 aromatic heterocycles. The summed E-state index contributed by atoms with van der Waals surface area (Å²) in [5.41, 5.74) is 0.973. The fourth-order valence-corrected chi connectivity index (χ4v) is 3.36. The fourth-order valence-electron chi connectivity index (χ4n) is 1.66. The van der Waals surface area contributed by atoms with Gasteiger partial charge in [0.1, 0.15) is 0 Å². The van der Waals surface area contributed by atoms with Gasteiger partial charge in [0.05, 0.1) is 4.21 Å². The topological polar surface area (TPSA) is 60.4 Å². The Bertz CT molecular complexity index is 432. The van der Waals surface area contributed by atoms with E-state index in [-0.39, 0.29) is 35.5 Å². The van der Waals surface area contributed by atoms with Gasteiger partial charge in [0.2, 0.25) is 5.91 Å². The van der Waals surface area contributed by atoms with Crippen LogP contribution >= 0.6 is 11.3 Å². The molecule has 1 aromatic rings. The van der Waals surface area contributed by atoms with E-state index in [4.69, 9.17) is 0 Å². The molecule has 0 aliphatic carbocycles. The number of carbonyl (C=O) groups is 1. The molecule has 0 spiro atoms. The molecular formula is C9H10NNaO3S2. The first-order chi connectivity index (χ1) is 7.08. The minimum Gasteiger partial charge on any atom is -0.768 e. The first-order valence-corrected chi connectivity index (χ1v) is 6.43. The van der Waals surface area contributed by atoms with Crippen LogP contribution in [-0.4, -0.2) is 26.1 Å². The Morgan fingerprint density at radius 1 is 1.62 bits per heavy atom. The average Bonchev–Trinajstić information content (AvgIpc) is 2.59. The van der Waals surface area contributed by atoms with Gasteiger partial charge in [-0.2, -0.15) is 0 Å². The predicted octanol–water partition coefficient (Wildman–Crippen LogP) is -2.11. The molecule has 0 N–H and O–H groups in total. The zero-order valence-corrected chi connectivity index (χ0v) is 12.8. The monoisotopic (exact) mass is 267 g/mol. The third-order valence-corrected chi connectivity index (χ3v) is 4.59. The van der Waals surface area contributed by atoms with Crippen molar-refractivity contribution in [2.24, 2.45) is 0 Å². The quantitative estimate of drug-likeness (QED) is 0.432. The third kappa shape index (κ3) is 2.94. The maximum Gasteiger partial charge on any atom is 1.00 e. The summed E-state index contributed by atoms with van der Waals surface area (Å²) in [5, 5.41) is 0. The van der Waals surface area contributed by atoms with E-state index < -0.39 is 11.1 Å². The maximum absolute atomic E-state index is 11.2. The molecule has 0 aromatic carbocycles. The summed E-state index contributed by atoms with van der Waals surface area (Å²) in [7, 11) is 0. The summed E-state index contributed by atoms with van der Waals surface area (Å²) in [6.45, 7) is 2.76. The summed E-state index contributed by atoms with van der Waals surface area (Å²) in [6, 6.07) is 1.66. The van der Waals surface area contributed by atoms with Crippen molar-refractivity contribution in [2.45, 2.75) is 24.1 Å². The van der Waals surface area contributed by atoms with E-state index in [9.17, 15) is 13.6 Å². The van der Waals surface area contributed by atoms with Crippen LogP contribution in [0.2, 0.25) is 0 Å². The van der Waals surface area contributed by atoms with Gasteiger partial charge in [0.25, 0.3) is 0 Å². The Morgan fingerprint density at radius 2 is 2.31 bits per heavy atom. The molecule has 0 saturated heterocycles. The molecule has 82 valence electrons. The zero-order valence-electron chi connectivity index (χ0n) is 9.19. The number of thiophene rings is 1. The number of amides is 1. The van der Waals surface area contributed by atoms with Gasteiger partial charge in [-0.05, 0) is 29.1 Å². The Labute approximate surface area is 123 Å². The number of fused-ring (bicyclic) bond motifs is 1. The largest absolute Gasteiger partial charge is 1.00 e. The van der Waals surface area contributed by atoms with Crippen LogP contribution in [0.3, 0.4) is 0 Å². The van der Waals surface area contributed by atoms with Crippen molar-refractivity contribution in [1.29, 1.82) is 0 Å². The molecule has 4 nitrogen and oxygen atoms in total. The summed E-state index contributed by atoms with van der Waals surface area (Å²) < 4.78 is 21.9. The van der Waals surface area contributed by atoms with E-state index in [0.29, 0.717) is 17.3 Å². The fraction of sp³-hybridized carbons (Fsp3) is 0.444. The number of nitrogens with zero attached hydrogens (tertiary/aromatic N) is 1. The Kier molecular flexibility index (Phi) is 5.15. The van der Waals surface area contributed by atoms with Crippen molar-refractivity contribution in [3.05, 3.63) is 16.5 Å². The van der Waals surface area contributed by atoms with E-state index in [2.05, 4.69) is 0 Å². The molecule has 0 saturated carbocycles. The molecule has 1 unspecified atom stereocenters. The molecule has 1 amide bonds. The Hall–Kier alpha value is 0.280. The van der Waals surface area contributed by atoms with E-state index in [1.165, 1.54) is 18.3 Å². The number of hydrogen-bond acceptors (Lipinski definition) is 4. The molecule has 1 aliphatic heterocycles. The van der Waals surface area contributed by atoms with Gasteiger partial charge >= 0.3 is 29.6 Å². The van der Waals surface area contributed by atoms with Gasteiger partial charge in [-0.3, -0.25) is 9.00 Å². The Morgan fingerprint density at radius 3 is 2.88 bits per heavy atom. The number of rotatable bonds is 1. The van der Waals surface area contributed by atoms with Gasteiger partial charge < -0.3 is 9.45 Å². The summed E-state index contributed by atoms with van der Waals surface area (Å²) in [6.07, 6.45) is 0.761. The molecule has 7 heteroatoms. The second kappa shape index (κ2) is 5.75. The SMILES string of the molecule is CC(=O)N1CCc2sc(S(=O)[O-])cc2C1.[Na+]. The van der Waals surface area contributed by atoms with Crippen LogP contribution in [-0.2, 0) is 28.8 Å². The normalized spacial score (nSPS) is 16.2. The molecule has 16 heavy (non-hydrogen) atoms. The van der Waals surface area contributed by atoms with Crippen LogP contribution in [0.15, 0.2) is 10.3 Å². The van der Waals surface area contributed by atoms with E-state index >= 15 is 0 Å². The molecular weight excluding hydrogens is 257 g/mol.